The number of halogens is 1. The summed E-state index contributed by atoms with van der Waals surface area (Å²) >= 11 is 3.43. The lowest BCUT2D eigenvalue weighted by atomic mass is 9.99. The fraction of sp³-hybridized carbons (Fsp3) is 0.200. The normalized spacial score (nSPS) is 16.7. The van der Waals surface area contributed by atoms with Crippen molar-refractivity contribution in [2.75, 3.05) is 6.61 Å². The van der Waals surface area contributed by atoms with Crippen molar-refractivity contribution >= 4 is 21.8 Å². The topological polar surface area (TPSA) is 73.6 Å². The Hall–Kier alpha value is -2.78. The van der Waals surface area contributed by atoms with Crippen LogP contribution in [0.5, 0.6) is 0 Å². The highest BCUT2D eigenvalue weighted by Crippen LogP contribution is 2.40. The number of hydrogen-bond acceptors (Lipinski definition) is 4. The maximum atomic E-state index is 13.0. The average Bonchev–Trinajstić information content (AvgIpc) is 2.89. The lowest BCUT2D eigenvalue weighted by Gasteiger charge is -2.25. The van der Waals surface area contributed by atoms with Gasteiger partial charge in [0.15, 0.2) is 0 Å². The summed E-state index contributed by atoms with van der Waals surface area (Å²) in [5, 5.41) is 19.8. The highest BCUT2D eigenvalue weighted by molar-refractivity contribution is 9.10. The van der Waals surface area contributed by atoms with Crippen LogP contribution in [-0.4, -0.2) is 22.5 Å². The number of nitrogens with zero attached hydrogens (tertiary/aromatic N) is 2. The zero-order chi connectivity index (χ0) is 18.7. The summed E-state index contributed by atoms with van der Waals surface area (Å²) in [6.07, 6.45) is 0. The standard InChI is InChI=1S/C20H17BrN2O3/c1-2-26-20(25)17(11-22)18-15-8-3-4-9-16(15)19(24)23(18)12-13-6-5-7-14(21)10-13/h3-10,18,25H,2,12H2,1H3/b20-17-. The smallest absolute Gasteiger partial charge is 0.293 e. The molecule has 132 valence electrons. The molecule has 2 aromatic rings. The Bertz CT molecular complexity index is 917. The Kier molecular flexibility index (Phi) is 5.29. The first-order valence-corrected chi connectivity index (χ1v) is 8.96. The van der Waals surface area contributed by atoms with Gasteiger partial charge < -0.3 is 14.7 Å². The predicted octanol–water partition coefficient (Wildman–Crippen LogP) is 4.48. The second-order valence-electron chi connectivity index (χ2n) is 5.82. The van der Waals surface area contributed by atoms with Crippen molar-refractivity contribution in [3.8, 4) is 6.07 Å². The molecule has 1 aliphatic heterocycles. The Morgan fingerprint density at radius 2 is 2.08 bits per heavy atom. The molecule has 1 atom stereocenters. The van der Waals surface area contributed by atoms with Gasteiger partial charge in [-0.2, -0.15) is 5.26 Å². The van der Waals surface area contributed by atoms with Crippen molar-refractivity contribution in [2.24, 2.45) is 0 Å². The van der Waals surface area contributed by atoms with Crippen molar-refractivity contribution in [2.45, 2.75) is 19.5 Å². The average molecular weight is 413 g/mol. The summed E-state index contributed by atoms with van der Waals surface area (Å²) < 4.78 is 6.05. The molecule has 26 heavy (non-hydrogen) atoms. The molecule has 2 aromatic carbocycles. The molecule has 0 spiro atoms. The number of aliphatic hydroxyl groups excluding tert-OH is 1. The van der Waals surface area contributed by atoms with Gasteiger partial charge in [-0.3, -0.25) is 4.79 Å². The van der Waals surface area contributed by atoms with Gasteiger partial charge in [0, 0.05) is 16.6 Å². The number of rotatable bonds is 5. The largest absolute Gasteiger partial charge is 0.480 e. The maximum Gasteiger partial charge on any atom is 0.293 e. The van der Waals surface area contributed by atoms with Gasteiger partial charge in [0.25, 0.3) is 11.9 Å². The molecule has 1 heterocycles. The molecule has 0 saturated heterocycles. The summed E-state index contributed by atoms with van der Waals surface area (Å²) in [5.74, 6) is -0.619. The van der Waals surface area contributed by atoms with Crippen LogP contribution in [0.2, 0.25) is 0 Å². The van der Waals surface area contributed by atoms with Gasteiger partial charge in [-0.1, -0.05) is 46.3 Å². The van der Waals surface area contributed by atoms with Gasteiger partial charge >= 0.3 is 0 Å². The summed E-state index contributed by atoms with van der Waals surface area (Å²) in [7, 11) is 0. The van der Waals surface area contributed by atoms with Gasteiger partial charge in [0.1, 0.15) is 17.7 Å². The summed E-state index contributed by atoms with van der Waals surface area (Å²) in [6, 6.07) is 16.1. The number of ether oxygens (including phenoxy) is 1. The van der Waals surface area contributed by atoms with E-state index in [1.54, 1.807) is 30.0 Å². The molecule has 0 saturated carbocycles. The molecular formula is C20H17BrN2O3. The second-order valence-corrected chi connectivity index (χ2v) is 6.73. The minimum absolute atomic E-state index is 0.0279. The zero-order valence-electron chi connectivity index (χ0n) is 14.1. The summed E-state index contributed by atoms with van der Waals surface area (Å²) in [5.41, 5.74) is 2.17. The number of carbonyl (C=O) groups is 1. The molecule has 0 aliphatic carbocycles. The van der Waals surface area contributed by atoms with E-state index in [2.05, 4.69) is 15.9 Å². The SMILES string of the molecule is CCO/C(O)=C(/C#N)C1c2ccccc2C(=O)N1Cc1cccc(Br)c1. The molecule has 1 aliphatic rings. The van der Waals surface area contributed by atoms with Crippen LogP contribution in [0.3, 0.4) is 0 Å². The third-order valence-electron chi connectivity index (χ3n) is 4.21. The van der Waals surface area contributed by atoms with Crippen molar-refractivity contribution in [3.05, 3.63) is 81.2 Å². The van der Waals surface area contributed by atoms with Crippen molar-refractivity contribution in [1.82, 2.24) is 4.90 Å². The van der Waals surface area contributed by atoms with Gasteiger partial charge in [-0.15, -0.1) is 0 Å². The Morgan fingerprint density at radius 3 is 2.77 bits per heavy atom. The molecule has 0 bridgehead atoms. The summed E-state index contributed by atoms with van der Waals surface area (Å²) in [4.78, 5) is 14.5. The first-order valence-electron chi connectivity index (χ1n) is 8.17. The molecular weight excluding hydrogens is 396 g/mol. The van der Waals surface area contributed by atoms with E-state index in [1.165, 1.54) is 0 Å². The lowest BCUT2D eigenvalue weighted by molar-refractivity contribution is 0.0700. The highest BCUT2D eigenvalue weighted by atomic mass is 79.9. The van der Waals surface area contributed by atoms with Crippen molar-refractivity contribution < 1.29 is 14.6 Å². The molecule has 1 N–H and O–H groups in total. The fourth-order valence-electron chi connectivity index (χ4n) is 3.12. The predicted molar refractivity (Wildman–Crippen MR) is 100 cm³/mol. The third kappa shape index (κ3) is 3.31. The Balaban J connectivity index is 2.08. The van der Waals surface area contributed by atoms with Gasteiger partial charge in [-0.05, 0) is 36.2 Å². The van der Waals surface area contributed by atoms with E-state index in [4.69, 9.17) is 4.74 Å². The molecule has 0 aromatic heterocycles. The molecule has 1 unspecified atom stereocenters. The minimum Gasteiger partial charge on any atom is -0.480 e. The van der Waals surface area contributed by atoms with E-state index in [-0.39, 0.29) is 18.1 Å². The van der Waals surface area contributed by atoms with E-state index >= 15 is 0 Å². The van der Waals surface area contributed by atoms with Crippen LogP contribution in [0.15, 0.2) is 64.5 Å². The van der Waals surface area contributed by atoms with E-state index in [0.29, 0.717) is 17.7 Å². The molecule has 3 rings (SSSR count). The molecule has 1 amide bonds. The number of fused-ring (bicyclic) bond motifs is 1. The third-order valence-corrected chi connectivity index (χ3v) is 4.70. The zero-order valence-corrected chi connectivity index (χ0v) is 15.7. The highest BCUT2D eigenvalue weighted by Gasteiger charge is 2.40. The molecule has 0 fully saturated rings. The van der Waals surface area contributed by atoms with Crippen LogP contribution < -0.4 is 0 Å². The molecule has 5 nitrogen and oxygen atoms in total. The van der Waals surface area contributed by atoms with Crippen LogP contribution in [-0.2, 0) is 11.3 Å². The number of nitriles is 1. The lowest BCUT2D eigenvalue weighted by Crippen LogP contribution is -2.29. The number of aliphatic hydroxyl groups is 1. The maximum absolute atomic E-state index is 13.0. The van der Waals surface area contributed by atoms with Crippen LogP contribution in [0.25, 0.3) is 0 Å². The van der Waals surface area contributed by atoms with E-state index in [1.807, 2.05) is 36.4 Å². The van der Waals surface area contributed by atoms with E-state index < -0.39 is 12.0 Å². The van der Waals surface area contributed by atoms with E-state index in [9.17, 15) is 15.2 Å². The van der Waals surface area contributed by atoms with Crippen LogP contribution >= 0.6 is 15.9 Å². The van der Waals surface area contributed by atoms with Crippen LogP contribution in [0.4, 0.5) is 0 Å². The first kappa shape index (κ1) is 18.0. The minimum atomic E-state index is -0.686. The van der Waals surface area contributed by atoms with Crippen molar-refractivity contribution in [3.63, 3.8) is 0 Å². The van der Waals surface area contributed by atoms with Crippen LogP contribution in [0.1, 0.15) is 34.5 Å². The van der Waals surface area contributed by atoms with Crippen LogP contribution in [0, 0.1) is 11.3 Å². The number of carbonyl (C=O) groups excluding carboxylic acids is 1. The Morgan fingerprint density at radius 1 is 1.31 bits per heavy atom. The number of amides is 1. The quantitative estimate of drug-likeness (QED) is 0.580. The molecule has 0 radical (unpaired) electrons. The van der Waals surface area contributed by atoms with Crippen molar-refractivity contribution in [1.29, 1.82) is 5.26 Å². The number of hydrogen-bond donors (Lipinski definition) is 1. The van der Waals surface area contributed by atoms with Gasteiger partial charge in [-0.25, -0.2) is 0 Å². The molecule has 6 heteroatoms. The monoisotopic (exact) mass is 412 g/mol. The first-order chi connectivity index (χ1) is 12.6. The van der Waals surface area contributed by atoms with Gasteiger partial charge in [0.2, 0.25) is 0 Å². The van der Waals surface area contributed by atoms with E-state index in [0.717, 1.165) is 10.0 Å². The fourth-order valence-corrected chi connectivity index (χ4v) is 3.56. The van der Waals surface area contributed by atoms with Gasteiger partial charge in [0.05, 0.1) is 6.61 Å². The Labute approximate surface area is 160 Å². The number of benzene rings is 2. The summed E-state index contributed by atoms with van der Waals surface area (Å²) in [6.45, 7) is 2.26. The second kappa shape index (κ2) is 7.63.